The molecule has 0 aliphatic carbocycles. The molecule has 0 saturated carbocycles. The summed E-state index contributed by atoms with van der Waals surface area (Å²) in [4.78, 5) is 0. The van der Waals surface area contributed by atoms with E-state index in [2.05, 4.69) is 138 Å². The van der Waals surface area contributed by atoms with E-state index in [0.717, 1.165) is 6.42 Å². The van der Waals surface area contributed by atoms with Gasteiger partial charge in [-0.1, -0.05) is 128 Å². The highest BCUT2D eigenvalue weighted by Gasteiger charge is 2.21. The standard InChI is InChI=1S/C32H36/c1-7-31(5,29-17-11-26(4)12-18-29)24-22-28-15-19-30(20-16-28)32(6,8-2)23-21-27-13-9-25(3)10-14-27/h7,9-24H,1,8H2,2-6H3/b23-21+,24-22+. The zero-order chi connectivity index (χ0) is 23.2. The van der Waals surface area contributed by atoms with Crippen LogP contribution in [0.2, 0.25) is 0 Å². The largest absolute Gasteiger partial charge is 0.102 e. The topological polar surface area (TPSA) is 0 Å². The van der Waals surface area contributed by atoms with Crippen LogP contribution in [0.25, 0.3) is 12.2 Å². The molecule has 0 radical (unpaired) electrons. The molecule has 3 aromatic carbocycles. The molecule has 0 heteroatoms. The van der Waals surface area contributed by atoms with Crippen LogP contribution in [0.15, 0.2) is 97.6 Å². The van der Waals surface area contributed by atoms with Crippen molar-refractivity contribution in [3.8, 4) is 0 Å². The predicted octanol–water partition coefficient (Wildman–Crippen LogP) is 8.84. The number of aryl methyl sites for hydroxylation is 2. The summed E-state index contributed by atoms with van der Waals surface area (Å²) in [5, 5.41) is 0. The van der Waals surface area contributed by atoms with E-state index in [9.17, 15) is 0 Å². The molecule has 164 valence electrons. The Morgan fingerprint density at radius 2 is 1.09 bits per heavy atom. The summed E-state index contributed by atoms with van der Waals surface area (Å²) in [6.07, 6.45) is 12.1. The summed E-state index contributed by atoms with van der Waals surface area (Å²) < 4.78 is 0. The van der Waals surface area contributed by atoms with Crippen LogP contribution >= 0.6 is 0 Å². The van der Waals surface area contributed by atoms with Gasteiger partial charge in [0.25, 0.3) is 0 Å². The molecule has 3 rings (SSSR count). The third kappa shape index (κ3) is 5.56. The van der Waals surface area contributed by atoms with E-state index in [1.165, 1.54) is 33.4 Å². The van der Waals surface area contributed by atoms with Crippen LogP contribution in [0.1, 0.15) is 60.6 Å². The van der Waals surface area contributed by atoms with Gasteiger partial charge >= 0.3 is 0 Å². The van der Waals surface area contributed by atoms with Gasteiger partial charge in [-0.2, -0.15) is 0 Å². The van der Waals surface area contributed by atoms with Crippen LogP contribution in [-0.2, 0) is 10.8 Å². The number of allylic oxidation sites excluding steroid dienone is 3. The second kappa shape index (κ2) is 10.0. The van der Waals surface area contributed by atoms with Crippen LogP contribution in [0.3, 0.4) is 0 Å². The maximum atomic E-state index is 4.09. The molecule has 0 bridgehead atoms. The van der Waals surface area contributed by atoms with Crippen LogP contribution in [0, 0.1) is 13.8 Å². The zero-order valence-corrected chi connectivity index (χ0v) is 20.2. The molecule has 2 atom stereocenters. The molecule has 0 saturated heterocycles. The van der Waals surface area contributed by atoms with E-state index in [1.54, 1.807) is 0 Å². The molecule has 0 aliphatic rings. The molecule has 32 heavy (non-hydrogen) atoms. The van der Waals surface area contributed by atoms with Gasteiger partial charge in [-0.25, -0.2) is 0 Å². The van der Waals surface area contributed by atoms with Crippen molar-refractivity contribution in [1.29, 1.82) is 0 Å². The fourth-order valence-corrected chi connectivity index (χ4v) is 3.82. The summed E-state index contributed by atoms with van der Waals surface area (Å²) in [6.45, 7) is 15.1. The van der Waals surface area contributed by atoms with Crippen molar-refractivity contribution in [2.24, 2.45) is 0 Å². The smallest absolute Gasteiger partial charge is 0.0284 e. The fourth-order valence-electron chi connectivity index (χ4n) is 3.82. The van der Waals surface area contributed by atoms with Gasteiger partial charge < -0.3 is 0 Å². The van der Waals surface area contributed by atoms with E-state index in [4.69, 9.17) is 0 Å². The van der Waals surface area contributed by atoms with Gasteiger partial charge in [0.05, 0.1) is 0 Å². The second-order valence-electron chi connectivity index (χ2n) is 9.32. The van der Waals surface area contributed by atoms with Crippen molar-refractivity contribution >= 4 is 12.2 Å². The van der Waals surface area contributed by atoms with E-state index < -0.39 is 0 Å². The lowest BCUT2D eigenvalue weighted by molar-refractivity contribution is 0.575. The van der Waals surface area contributed by atoms with E-state index in [1.807, 2.05) is 6.08 Å². The first-order chi connectivity index (χ1) is 15.3. The molecule has 0 N–H and O–H groups in total. The van der Waals surface area contributed by atoms with Crippen molar-refractivity contribution < 1.29 is 0 Å². The molecular formula is C32H36. The first-order valence-electron chi connectivity index (χ1n) is 11.5. The number of rotatable bonds is 8. The third-order valence-electron chi connectivity index (χ3n) is 6.75. The van der Waals surface area contributed by atoms with Crippen LogP contribution in [0.4, 0.5) is 0 Å². The van der Waals surface area contributed by atoms with Gasteiger partial charge in [0.2, 0.25) is 0 Å². The second-order valence-corrected chi connectivity index (χ2v) is 9.32. The summed E-state index contributed by atoms with van der Waals surface area (Å²) in [6, 6.07) is 26.4. The Hall–Kier alpha value is -3.12. The van der Waals surface area contributed by atoms with Gasteiger partial charge in [0.15, 0.2) is 0 Å². The lowest BCUT2D eigenvalue weighted by Gasteiger charge is -2.25. The minimum absolute atomic E-state index is 0.00462. The Morgan fingerprint density at radius 1 is 0.656 bits per heavy atom. The Labute approximate surface area is 195 Å². The summed E-state index contributed by atoms with van der Waals surface area (Å²) in [7, 11) is 0. The molecule has 0 amide bonds. The van der Waals surface area contributed by atoms with Gasteiger partial charge in [-0.15, -0.1) is 6.58 Å². The van der Waals surface area contributed by atoms with Crippen molar-refractivity contribution in [2.45, 2.75) is 51.9 Å². The lowest BCUT2D eigenvalue weighted by atomic mass is 9.79. The Kier molecular flexibility index (Phi) is 7.36. The SMILES string of the molecule is C=CC(C)(/C=C/c1ccc(C(C)(/C=C/c2ccc(C)cc2)CC)cc1)c1ccc(C)cc1. The quantitative estimate of drug-likeness (QED) is 0.319. The average molecular weight is 421 g/mol. The number of hydrogen-bond acceptors (Lipinski definition) is 0. The highest BCUT2D eigenvalue weighted by molar-refractivity contribution is 5.56. The van der Waals surface area contributed by atoms with Gasteiger partial charge in [-0.05, 0) is 49.4 Å². The molecule has 3 aromatic rings. The van der Waals surface area contributed by atoms with E-state index in [0.29, 0.717) is 0 Å². The van der Waals surface area contributed by atoms with E-state index >= 15 is 0 Å². The normalized spacial score (nSPS) is 15.5. The van der Waals surface area contributed by atoms with E-state index in [-0.39, 0.29) is 10.8 Å². The molecule has 0 heterocycles. The molecule has 0 spiro atoms. The molecule has 0 aliphatic heterocycles. The van der Waals surface area contributed by atoms with Crippen molar-refractivity contribution in [3.05, 3.63) is 131 Å². The maximum Gasteiger partial charge on any atom is 0.0284 e. The van der Waals surface area contributed by atoms with Crippen molar-refractivity contribution in [2.75, 3.05) is 0 Å². The van der Waals surface area contributed by atoms with Gasteiger partial charge in [-0.3, -0.25) is 0 Å². The zero-order valence-electron chi connectivity index (χ0n) is 20.2. The fraction of sp³-hybridized carbons (Fsp3) is 0.250. The minimum Gasteiger partial charge on any atom is -0.102 e. The van der Waals surface area contributed by atoms with Crippen LogP contribution < -0.4 is 0 Å². The molecular weight excluding hydrogens is 384 g/mol. The molecule has 0 fully saturated rings. The predicted molar refractivity (Wildman–Crippen MR) is 142 cm³/mol. The average Bonchev–Trinajstić information content (AvgIpc) is 2.82. The monoisotopic (exact) mass is 420 g/mol. The van der Waals surface area contributed by atoms with Gasteiger partial charge in [0, 0.05) is 10.8 Å². The van der Waals surface area contributed by atoms with Crippen LogP contribution in [0.5, 0.6) is 0 Å². The third-order valence-corrected chi connectivity index (χ3v) is 6.75. The Balaban J connectivity index is 1.79. The lowest BCUT2D eigenvalue weighted by Crippen LogP contribution is -2.17. The molecule has 2 unspecified atom stereocenters. The molecule has 0 aromatic heterocycles. The summed E-state index contributed by atoms with van der Waals surface area (Å²) in [5.41, 5.74) is 7.42. The highest BCUT2D eigenvalue weighted by atomic mass is 14.3. The number of hydrogen-bond donors (Lipinski definition) is 0. The minimum atomic E-state index is -0.193. The highest BCUT2D eigenvalue weighted by Crippen LogP contribution is 2.31. The number of benzene rings is 3. The van der Waals surface area contributed by atoms with Gasteiger partial charge in [0.1, 0.15) is 0 Å². The molecule has 0 nitrogen and oxygen atoms in total. The first-order valence-corrected chi connectivity index (χ1v) is 11.5. The summed E-state index contributed by atoms with van der Waals surface area (Å²) >= 11 is 0. The maximum absolute atomic E-state index is 4.09. The van der Waals surface area contributed by atoms with Crippen molar-refractivity contribution in [3.63, 3.8) is 0 Å². The van der Waals surface area contributed by atoms with Crippen LogP contribution in [-0.4, -0.2) is 0 Å². The summed E-state index contributed by atoms with van der Waals surface area (Å²) in [5.74, 6) is 0. The Morgan fingerprint density at radius 3 is 1.59 bits per heavy atom. The first kappa shape index (κ1) is 23.5. The Bertz CT molecular complexity index is 1080. The van der Waals surface area contributed by atoms with Crippen molar-refractivity contribution in [1.82, 2.24) is 0 Å².